The molecule has 0 aliphatic rings. The molecule has 0 atom stereocenters. The molecule has 0 bridgehead atoms. The quantitative estimate of drug-likeness (QED) is 0.425. The first kappa shape index (κ1) is 22.8. The van der Waals surface area contributed by atoms with E-state index in [1.165, 1.54) is 12.1 Å². The number of carbonyl (C=O) groups is 2. The van der Waals surface area contributed by atoms with E-state index in [4.69, 9.17) is 14.2 Å². The maximum Gasteiger partial charge on any atom is 0.419 e. The number of hydrogen-bond acceptors (Lipinski definition) is 6. The molecule has 168 valence electrons. The monoisotopic (exact) mass is 452 g/mol. The maximum absolute atomic E-state index is 14.9. The van der Waals surface area contributed by atoms with E-state index in [2.05, 4.69) is 5.10 Å². The standard InChI is InChI=1S/C21H16F4N2O5/c1-30-18-12(21(23,24)25)9-10-13(22)14(18)16-15(19(28)31-2)17(20(29)32-3)27(26-16)11-7-5-4-6-8-11/h4-10H,1-3H3. The van der Waals surface area contributed by atoms with E-state index in [1.54, 1.807) is 18.2 Å². The second kappa shape index (κ2) is 8.69. The Morgan fingerprint density at radius 1 is 0.938 bits per heavy atom. The smallest absolute Gasteiger partial charge is 0.419 e. The van der Waals surface area contributed by atoms with Crippen molar-refractivity contribution in [3.8, 4) is 22.7 Å². The van der Waals surface area contributed by atoms with Gasteiger partial charge in [0.05, 0.1) is 38.1 Å². The first-order valence-electron chi connectivity index (χ1n) is 8.94. The Morgan fingerprint density at radius 2 is 1.56 bits per heavy atom. The zero-order valence-electron chi connectivity index (χ0n) is 17.0. The summed E-state index contributed by atoms with van der Waals surface area (Å²) in [6, 6.07) is 8.98. The van der Waals surface area contributed by atoms with Crippen LogP contribution in [0.1, 0.15) is 26.4 Å². The van der Waals surface area contributed by atoms with Gasteiger partial charge in [-0.25, -0.2) is 18.7 Å². The lowest BCUT2D eigenvalue weighted by Crippen LogP contribution is -2.15. The number of ether oxygens (including phenoxy) is 3. The Labute approximate surface area is 179 Å². The van der Waals surface area contributed by atoms with Crippen LogP contribution in [0, 0.1) is 5.82 Å². The summed E-state index contributed by atoms with van der Waals surface area (Å²) < 4.78 is 70.8. The zero-order valence-corrected chi connectivity index (χ0v) is 17.0. The molecular weight excluding hydrogens is 436 g/mol. The van der Waals surface area contributed by atoms with E-state index in [1.807, 2.05) is 0 Å². The normalized spacial score (nSPS) is 11.2. The topological polar surface area (TPSA) is 79.7 Å². The van der Waals surface area contributed by atoms with Gasteiger partial charge in [0.1, 0.15) is 22.8 Å². The van der Waals surface area contributed by atoms with E-state index in [9.17, 15) is 27.2 Å². The molecule has 0 radical (unpaired) electrons. The summed E-state index contributed by atoms with van der Waals surface area (Å²) in [6.45, 7) is 0. The lowest BCUT2D eigenvalue weighted by molar-refractivity contribution is -0.138. The second-order valence-corrected chi connectivity index (χ2v) is 6.30. The summed E-state index contributed by atoms with van der Waals surface area (Å²) in [5.74, 6) is -4.24. The molecule has 3 rings (SSSR count). The van der Waals surface area contributed by atoms with Crippen LogP contribution in [0.4, 0.5) is 17.6 Å². The minimum Gasteiger partial charge on any atom is -0.495 e. The number of para-hydroxylation sites is 1. The van der Waals surface area contributed by atoms with E-state index in [-0.39, 0.29) is 5.69 Å². The van der Waals surface area contributed by atoms with Crippen LogP contribution in [0.15, 0.2) is 42.5 Å². The van der Waals surface area contributed by atoms with Crippen molar-refractivity contribution in [3.63, 3.8) is 0 Å². The zero-order chi connectivity index (χ0) is 23.6. The Morgan fingerprint density at radius 3 is 2.09 bits per heavy atom. The summed E-state index contributed by atoms with van der Waals surface area (Å²) in [5, 5.41) is 4.11. The third kappa shape index (κ3) is 3.88. The number of nitrogens with zero attached hydrogens (tertiary/aromatic N) is 2. The number of methoxy groups -OCH3 is 3. The fraction of sp³-hybridized carbons (Fsp3) is 0.190. The van der Waals surface area contributed by atoms with Crippen molar-refractivity contribution in [1.29, 1.82) is 0 Å². The molecule has 2 aromatic carbocycles. The molecule has 0 unspecified atom stereocenters. The van der Waals surface area contributed by atoms with Crippen LogP contribution < -0.4 is 4.74 Å². The van der Waals surface area contributed by atoms with Gasteiger partial charge in [-0.1, -0.05) is 18.2 Å². The van der Waals surface area contributed by atoms with Crippen molar-refractivity contribution in [3.05, 3.63) is 65.1 Å². The van der Waals surface area contributed by atoms with Crippen LogP contribution in [-0.2, 0) is 15.7 Å². The highest BCUT2D eigenvalue weighted by Gasteiger charge is 2.39. The van der Waals surface area contributed by atoms with Crippen molar-refractivity contribution in [2.45, 2.75) is 6.18 Å². The van der Waals surface area contributed by atoms with Gasteiger partial charge in [0.2, 0.25) is 0 Å². The maximum atomic E-state index is 14.9. The van der Waals surface area contributed by atoms with Gasteiger partial charge in [-0.15, -0.1) is 0 Å². The number of hydrogen-bond donors (Lipinski definition) is 0. The lowest BCUT2D eigenvalue weighted by atomic mass is 10.0. The van der Waals surface area contributed by atoms with Gasteiger partial charge in [-0.2, -0.15) is 18.3 Å². The molecule has 7 nitrogen and oxygen atoms in total. The van der Waals surface area contributed by atoms with Crippen molar-refractivity contribution in [2.75, 3.05) is 21.3 Å². The fourth-order valence-corrected chi connectivity index (χ4v) is 3.14. The van der Waals surface area contributed by atoms with Gasteiger partial charge in [-0.05, 0) is 24.3 Å². The molecule has 32 heavy (non-hydrogen) atoms. The summed E-state index contributed by atoms with van der Waals surface area (Å²) in [7, 11) is 2.95. The number of alkyl halides is 3. The average Bonchev–Trinajstić information content (AvgIpc) is 3.17. The molecule has 1 heterocycles. The third-order valence-electron chi connectivity index (χ3n) is 4.51. The molecule has 0 aliphatic heterocycles. The number of rotatable bonds is 5. The lowest BCUT2D eigenvalue weighted by Gasteiger charge is -2.16. The predicted octanol–water partition coefficient (Wildman–Crippen LogP) is 4.28. The predicted molar refractivity (Wildman–Crippen MR) is 103 cm³/mol. The third-order valence-corrected chi connectivity index (χ3v) is 4.51. The molecule has 0 N–H and O–H groups in total. The Balaban J connectivity index is 2.49. The Hall–Kier alpha value is -3.89. The van der Waals surface area contributed by atoms with Crippen LogP contribution in [0.3, 0.4) is 0 Å². The first-order valence-corrected chi connectivity index (χ1v) is 8.94. The summed E-state index contributed by atoms with van der Waals surface area (Å²) >= 11 is 0. The van der Waals surface area contributed by atoms with Gasteiger partial charge in [0.15, 0.2) is 5.69 Å². The van der Waals surface area contributed by atoms with Crippen LogP contribution in [0.5, 0.6) is 5.75 Å². The molecule has 11 heteroatoms. The average molecular weight is 452 g/mol. The first-order chi connectivity index (χ1) is 15.1. The van der Waals surface area contributed by atoms with E-state index >= 15 is 0 Å². The van der Waals surface area contributed by atoms with E-state index < -0.39 is 57.8 Å². The van der Waals surface area contributed by atoms with Crippen molar-refractivity contribution in [2.24, 2.45) is 0 Å². The molecule has 0 saturated carbocycles. The second-order valence-electron chi connectivity index (χ2n) is 6.30. The molecule has 0 spiro atoms. The van der Waals surface area contributed by atoms with Crippen molar-refractivity contribution < 1.29 is 41.4 Å². The number of benzene rings is 2. The molecule has 1 aromatic heterocycles. The fourth-order valence-electron chi connectivity index (χ4n) is 3.14. The van der Waals surface area contributed by atoms with Crippen LogP contribution in [0.2, 0.25) is 0 Å². The molecule has 0 aliphatic carbocycles. The Bertz CT molecular complexity index is 1170. The number of carbonyl (C=O) groups excluding carboxylic acids is 2. The highest BCUT2D eigenvalue weighted by atomic mass is 19.4. The van der Waals surface area contributed by atoms with Gasteiger partial charge < -0.3 is 14.2 Å². The summed E-state index contributed by atoms with van der Waals surface area (Å²) in [6.07, 6.45) is -4.90. The summed E-state index contributed by atoms with van der Waals surface area (Å²) in [4.78, 5) is 25.2. The van der Waals surface area contributed by atoms with Crippen LogP contribution in [0.25, 0.3) is 16.9 Å². The molecule has 0 fully saturated rings. The minimum absolute atomic E-state index is 0.260. The summed E-state index contributed by atoms with van der Waals surface area (Å²) in [5.41, 5.74) is -3.42. The van der Waals surface area contributed by atoms with Gasteiger partial charge in [-0.3, -0.25) is 0 Å². The highest BCUT2D eigenvalue weighted by molar-refractivity contribution is 6.07. The van der Waals surface area contributed by atoms with Crippen molar-refractivity contribution in [1.82, 2.24) is 9.78 Å². The Kier molecular flexibility index (Phi) is 6.19. The molecular formula is C21H16F4N2O5. The molecule has 3 aromatic rings. The van der Waals surface area contributed by atoms with Crippen LogP contribution in [-0.4, -0.2) is 43.0 Å². The van der Waals surface area contributed by atoms with E-state index in [0.29, 0.717) is 12.1 Å². The van der Waals surface area contributed by atoms with Gasteiger partial charge in [0.25, 0.3) is 0 Å². The highest BCUT2D eigenvalue weighted by Crippen LogP contribution is 2.44. The van der Waals surface area contributed by atoms with Crippen LogP contribution >= 0.6 is 0 Å². The van der Waals surface area contributed by atoms with Gasteiger partial charge >= 0.3 is 18.1 Å². The van der Waals surface area contributed by atoms with E-state index in [0.717, 1.165) is 26.0 Å². The number of esters is 2. The molecule has 0 saturated heterocycles. The number of aromatic nitrogens is 2. The number of halogens is 4. The minimum atomic E-state index is -4.90. The van der Waals surface area contributed by atoms with Gasteiger partial charge in [0, 0.05) is 0 Å². The van der Waals surface area contributed by atoms with Crippen molar-refractivity contribution >= 4 is 11.9 Å². The SMILES string of the molecule is COC(=O)c1c(-c2c(F)ccc(C(F)(F)F)c2OC)nn(-c2ccccc2)c1C(=O)OC. The largest absolute Gasteiger partial charge is 0.495 e. The molecule has 0 amide bonds.